The predicted octanol–water partition coefficient (Wildman–Crippen LogP) is 4.85. The van der Waals surface area contributed by atoms with Gasteiger partial charge in [-0.2, -0.15) is 0 Å². The van der Waals surface area contributed by atoms with Crippen LogP contribution in [0.2, 0.25) is 0 Å². The Morgan fingerprint density at radius 1 is 1.30 bits per heavy atom. The third-order valence-electron chi connectivity index (χ3n) is 5.96. The van der Waals surface area contributed by atoms with Gasteiger partial charge in [-0.1, -0.05) is 18.1 Å². The Morgan fingerprint density at radius 2 is 2.07 bits per heavy atom. The molecule has 1 fully saturated rings. The number of methoxy groups -OCH3 is 1. The van der Waals surface area contributed by atoms with Crippen molar-refractivity contribution in [2.45, 2.75) is 63.5 Å². The second-order valence-electron chi connectivity index (χ2n) is 7.70. The van der Waals surface area contributed by atoms with E-state index in [2.05, 4.69) is 16.2 Å². The number of aliphatic hydroxyl groups is 1. The standard InChI is InChI=1S/C20H28F3NO3/c1-3-17-16-11-18(25)19(26-2)10-14(16)7-8-24(17)12-13-5-4-6-15(9-13)27-20(21,22)23/h3,13,15,17,25H,1,4-12H2,2H3. The molecule has 27 heavy (non-hydrogen) atoms. The maximum Gasteiger partial charge on any atom is 0.522 e. The summed E-state index contributed by atoms with van der Waals surface area (Å²) in [4.78, 5) is 2.29. The van der Waals surface area contributed by atoms with E-state index in [1.54, 1.807) is 7.11 Å². The molecule has 1 saturated carbocycles. The van der Waals surface area contributed by atoms with E-state index in [-0.39, 0.29) is 17.7 Å². The van der Waals surface area contributed by atoms with Crippen LogP contribution in [0.5, 0.6) is 0 Å². The van der Waals surface area contributed by atoms with Gasteiger partial charge >= 0.3 is 6.36 Å². The van der Waals surface area contributed by atoms with E-state index in [1.807, 2.05) is 6.08 Å². The molecule has 3 aliphatic rings. The maximum atomic E-state index is 12.5. The van der Waals surface area contributed by atoms with Crippen molar-refractivity contribution in [3.05, 3.63) is 35.3 Å². The summed E-state index contributed by atoms with van der Waals surface area (Å²) in [6.07, 6.45) is 1.12. The molecule has 1 N–H and O–H groups in total. The van der Waals surface area contributed by atoms with Crippen LogP contribution in [0.4, 0.5) is 13.2 Å². The summed E-state index contributed by atoms with van der Waals surface area (Å²) in [6, 6.07) is 0.0122. The van der Waals surface area contributed by atoms with Gasteiger partial charge in [-0.15, -0.1) is 19.8 Å². The summed E-state index contributed by atoms with van der Waals surface area (Å²) >= 11 is 0. The van der Waals surface area contributed by atoms with Gasteiger partial charge in [0.05, 0.1) is 13.2 Å². The molecule has 1 heterocycles. The maximum absolute atomic E-state index is 12.5. The van der Waals surface area contributed by atoms with E-state index in [0.717, 1.165) is 37.9 Å². The van der Waals surface area contributed by atoms with Crippen LogP contribution in [0.3, 0.4) is 0 Å². The Labute approximate surface area is 158 Å². The molecule has 0 radical (unpaired) electrons. The molecule has 152 valence electrons. The van der Waals surface area contributed by atoms with Crippen molar-refractivity contribution in [1.82, 2.24) is 4.90 Å². The molecule has 0 aromatic carbocycles. The molecular weight excluding hydrogens is 359 g/mol. The lowest BCUT2D eigenvalue weighted by molar-refractivity contribution is -0.346. The van der Waals surface area contributed by atoms with Crippen LogP contribution < -0.4 is 0 Å². The van der Waals surface area contributed by atoms with Gasteiger partial charge in [0.25, 0.3) is 0 Å². The van der Waals surface area contributed by atoms with Crippen LogP contribution in [0.15, 0.2) is 35.3 Å². The Balaban J connectivity index is 1.64. The van der Waals surface area contributed by atoms with Crippen molar-refractivity contribution in [2.75, 3.05) is 20.2 Å². The summed E-state index contributed by atoms with van der Waals surface area (Å²) in [5, 5.41) is 10.2. The lowest BCUT2D eigenvalue weighted by Crippen LogP contribution is -2.45. The van der Waals surface area contributed by atoms with E-state index in [0.29, 0.717) is 31.4 Å². The minimum absolute atomic E-state index is 0.0122. The van der Waals surface area contributed by atoms with Crippen LogP contribution in [-0.4, -0.2) is 48.7 Å². The van der Waals surface area contributed by atoms with E-state index in [4.69, 9.17) is 4.74 Å². The first-order valence-corrected chi connectivity index (χ1v) is 9.57. The molecule has 0 spiro atoms. The number of ether oxygens (including phenoxy) is 2. The van der Waals surface area contributed by atoms with Crippen LogP contribution in [0, 0.1) is 5.92 Å². The fourth-order valence-corrected chi connectivity index (χ4v) is 4.74. The highest BCUT2D eigenvalue weighted by Gasteiger charge is 2.38. The molecule has 0 aromatic heterocycles. The van der Waals surface area contributed by atoms with Crippen molar-refractivity contribution in [2.24, 2.45) is 5.92 Å². The van der Waals surface area contributed by atoms with Crippen molar-refractivity contribution in [3.63, 3.8) is 0 Å². The fourth-order valence-electron chi connectivity index (χ4n) is 4.74. The largest absolute Gasteiger partial charge is 0.522 e. The quantitative estimate of drug-likeness (QED) is 0.685. The molecule has 0 aromatic rings. The Morgan fingerprint density at radius 3 is 2.74 bits per heavy atom. The lowest BCUT2D eigenvalue weighted by atomic mass is 9.82. The number of allylic oxidation sites excluding steroid dienone is 2. The summed E-state index contributed by atoms with van der Waals surface area (Å²) < 4.78 is 47.2. The fraction of sp³-hybridized carbons (Fsp3) is 0.700. The van der Waals surface area contributed by atoms with E-state index < -0.39 is 12.5 Å². The molecule has 7 heteroatoms. The SMILES string of the molecule is C=CC1C2=C(CCN1CC1CCCC(OC(F)(F)F)C1)CC(OC)=C(O)C2. The summed E-state index contributed by atoms with van der Waals surface area (Å²) in [7, 11) is 1.57. The first kappa shape index (κ1) is 20.3. The molecule has 2 aliphatic carbocycles. The minimum Gasteiger partial charge on any atom is -0.508 e. The highest BCUT2D eigenvalue weighted by atomic mass is 19.4. The van der Waals surface area contributed by atoms with Crippen molar-refractivity contribution >= 4 is 0 Å². The zero-order chi connectivity index (χ0) is 19.6. The average Bonchev–Trinajstić information content (AvgIpc) is 2.60. The van der Waals surface area contributed by atoms with Gasteiger partial charge in [0.15, 0.2) is 0 Å². The predicted molar refractivity (Wildman–Crippen MR) is 96.0 cm³/mol. The normalized spacial score (nSPS) is 30.3. The minimum atomic E-state index is -4.56. The van der Waals surface area contributed by atoms with Crippen LogP contribution >= 0.6 is 0 Å². The van der Waals surface area contributed by atoms with E-state index in [9.17, 15) is 18.3 Å². The van der Waals surface area contributed by atoms with Crippen molar-refractivity contribution in [1.29, 1.82) is 0 Å². The highest BCUT2D eigenvalue weighted by Crippen LogP contribution is 2.39. The second kappa shape index (κ2) is 8.27. The van der Waals surface area contributed by atoms with E-state index in [1.165, 1.54) is 5.57 Å². The molecule has 3 rings (SSSR count). The van der Waals surface area contributed by atoms with Gasteiger partial charge in [-0.25, -0.2) is 0 Å². The summed E-state index contributed by atoms with van der Waals surface area (Å²) in [6.45, 7) is 5.54. The monoisotopic (exact) mass is 387 g/mol. The topological polar surface area (TPSA) is 41.9 Å². The Bertz CT molecular complexity index is 626. The number of nitrogens with zero attached hydrogens (tertiary/aromatic N) is 1. The third-order valence-corrected chi connectivity index (χ3v) is 5.96. The lowest BCUT2D eigenvalue weighted by Gasteiger charge is -2.42. The van der Waals surface area contributed by atoms with Gasteiger partial charge in [0, 0.05) is 32.0 Å². The first-order valence-electron chi connectivity index (χ1n) is 9.57. The smallest absolute Gasteiger partial charge is 0.508 e. The zero-order valence-electron chi connectivity index (χ0n) is 15.7. The molecule has 3 atom stereocenters. The summed E-state index contributed by atoms with van der Waals surface area (Å²) in [5.74, 6) is 1.07. The van der Waals surface area contributed by atoms with E-state index >= 15 is 0 Å². The molecular formula is C20H28F3NO3. The van der Waals surface area contributed by atoms with Crippen molar-refractivity contribution in [3.8, 4) is 0 Å². The number of alkyl halides is 3. The first-order chi connectivity index (χ1) is 12.8. The van der Waals surface area contributed by atoms with Gasteiger partial charge in [-0.05, 0) is 37.2 Å². The molecule has 0 bridgehead atoms. The number of aliphatic hydroxyl groups excluding tert-OH is 1. The van der Waals surface area contributed by atoms with Crippen LogP contribution in [0.1, 0.15) is 44.9 Å². The number of hydrogen-bond acceptors (Lipinski definition) is 4. The molecule has 1 aliphatic heterocycles. The number of halogens is 3. The van der Waals surface area contributed by atoms with Gasteiger partial charge in [0.2, 0.25) is 0 Å². The highest BCUT2D eigenvalue weighted by molar-refractivity contribution is 5.37. The van der Waals surface area contributed by atoms with Gasteiger partial charge < -0.3 is 9.84 Å². The average molecular weight is 387 g/mol. The summed E-state index contributed by atoms with van der Waals surface area (Å²) in [5.41, 5.74) is 2.45. The van der Waals surface area contributed by atoms with Crippen LogP contribution in [0.25, 0.3) is 0 Å². The van der Waals surface area contributed by atoms with Crippen LogP contribution in [-0.2, 0) is 9.47 Å². The number of hydrogen-bond donors (Lipinski definition) is 1. The molecule has 3 unspecified atom stereocenters. The molecule has 0 amide bonds. The molecule has 4 nitrogen and oxygen atoms in total. The third kappa shape index (κ3) is 4.88. The van der Waals surface area contributed by atoms with Gasteiger partial charge in [-0.3, -0.25) is 9.64 Å². The van der Waals surface area contributed by atoms with Gasteiger partial charge in [0.1, 0.15) is 11.5 Å². The molecule has 0 saturated heterocycles. The number of rotatable bonds is 5. The Kier molecular flexibility index (Phi) is 6.21. The second-order valence-corrected chi connectivity index (χ2v) is 7.70. The zero-order valence-corrected chi connectivity index (χ0v) is 15.7. The van der Waals surface area contributed by atoms with Crippen molar-refractivity contribution < 1.29 is 27.8 Å². The Hall–Kier alpha value is -1.47.